The van der Waals surface area contributed by atoms with Gasteiger partial charge in [-0.2, -0.15) is 5.26 Å². The number of aromatic nitrogens is 3. The van der Waals surface area contributed by atoms with Crippen molar-refractivity contribution < 1.29 is 4.79 Å². The van der Waals surface area contributed by atoms with Crippen LogP contribution in [0.25, 0.3) is 0 Å². The molecule has 0 aliphatic rings. The maximum atomic E-state index is 12.2. The van der Waals surface area contributed by atoms with Crippen LogP contribution in [-0.2, 0) is 11.3 Å². The molecule has 0 saturated carbocycles. The maximum absolute atomic E-state index is 12.2. The molecule has 0 saturated heterocycles. The van der Waals surface area contributed by atoms with E-state index in [2.05, 4.69) is 16.0 Å². The molecule has 0 aromatic carbocycles. The van der Waals surface area contributed by atoms with Crippen molar-refractivity contribution in [2.75, 3.05) is 12.8 Å². The van der Waals surface area contributed by atoms with Crippen LogP contribution in [0.4, 0.5) is 0 Å². The second-order valence-electron chi connectivity index (χ2n) is 5.57. The Kier molecular flexibility index (Phi) is 5.40. The van der Waals surface area contributed by atoms with E-state index in [-0.39, 0.29) is 11.7 Å². The average Bonchev–Trinajstić information content (AvgIpc) is 3.00. The molecule has 2 rings (SSSR count). The molecule has 2 heterocycles. The standard InChI is InChI=1S/C16H19N5OS/c1-16(2,12-17)20(3)14(22)11-23-15-19-8-9-21(15)10-13-6-4-5-7-18-13/h4-9H,10-11H2,1-3H3. The Labute approximate surface area is 140 Å². The van der Waals surface area contributed by atoms with E-state index in [0.717, 1.165) is 10.9 Å². The fourth-order valence-corrected chi connectivity index (χ4v) is 2.70. The van der Waals surface area contributed by atoms with E-state index in [0.29, 0.717) is 6.54 Å². The number of carbonyl (C=O) groups excluding carboxylic acids is 1. The van der Waals surface area contributed by atoms with Gasteiger partial charge in [0.05, 0.1) is 24.1 Å². The molecule has 0 spiro atoms. The van der Waals surface area contributed by atoms with Gasteiger partial charge in [-0.3, -0.25) is 9.78 Å². The average molecular weight is 329 g/mol. The van der Waals surface area contributed by atoms with E-state index in [1.807, 2.05) is 29.0 Å². The first-order valence-corrected chi connectivity index (χ1v) is 8.14. The normalized spacial score (nSPS) is 11.0. The van der Waals surface area contributed by atoms with Gasteiger partial charge in [0, 0.05) is 25.6 Å². The summed E-state index contributed by atoms with van der Waals surface area (Å²) in [5.41, 5.74) is 0.113. The number of thioether (sulfide) groups is 1. The Bertz CT molecular complexity index is 705. The minimum absolute atomic E-state index is 0.103. The Morgan fingerprint density at radius 3 is 2.83 bits per heavy atom. The fourth-order valence-electron chi connectivity index (χ4n) is 1.83. The van der Waals surface area contributed by atoms with Crippen LogP contribution in [0.1, 0.15) is 19.5 Å². The van der Waals surface area contributed by atoms with Gasteiger partial charge in [0.15, 0.2) is 5.16 Å². The van der Waals surface area contributed by atoms with Gasteiger partial charge in [-0.25, -0.2) is 4.98 Å². The van der Waals surface area contributed by atoms with Crippen LogP contribution in [0.2, 0.25) is 0 Å². The summed E-state index contributed by atoms with van der Waals surface area (Å²) >= 11 is 1.36. The lowest BCUT2D eigenvalue weighted by Gasteiger charge is -2.28. The highest BCUT2D eigenvalue weighted by atomic mass is 32.2. The molecular weight excluding hydrogens is 310 g/mol. The largest absolute Gasteiger partial charge is 0.327 e. The van der Waals surface area contributed by atoms with Crippen LogP contribution >= 0.6 is 11.8 Å². The molecular formula is C16H19N5OS. The number of hydrogen-bond donors (Lipinski definition) is 0. The minimum atomic E-state index is -0.818. The molecule has 2 aromatic rings. The Balaban J connectivity index is 1.99. The predicted molar refractivity (Wildman–Crippen MR) is 88.8 cm³/mol. The predicted octanol–water partition coefficient (Wildman–Crippen LogP) is 2.18. The van der Waals surface area contributed by atoms with Crippen molar-refractivity contribution in [3.8, 4) is 6.07 Å². The van der Waals surface area contributed by atoms with Crippen LogP contribution in [0.3, 0.4) is 0 Å². The molecule has 0 atom stereocenters. The number of pyridine rings is 1. The van der Waals surface area contributed by atoms with Crippen LogP contribution in [0, 0.1) is 11.3 Å². The van der Waals surface area contributed by atoms with Crippen LogP contribution in [-0.4, -0.2) is 43.7 Å². The Hall–Kier alpha value is -2.33. The summed E-state index contributed by atoms with van der Waals surface area (Å²) in [6.07, 6.45) is 5.32. The maximum Gasteiger partial charge on any atom is 0.234 e. The molecule has 6 nitrogen and oxygen atoms in total. The highest BCUT2D eigenvalue weighted by Crippen LogP contribution is 2.19. The van der Waals surface area contributed by atoms with Gasteiger partial charge in [-0.05, 0) is 26.0 Å². The van der Waals surface area contributed by atoms with E-state index in [4.69, 9.17) is 5.26 Å². The molecule has 23 heavy (non-hydrogen) atoms. The topological polar surface area (TPSA) is 74.8 Å². The third-order valence-electron chi connectivity index (χ3n) is 3.55. The van der Waals surface area contributed by atoms with Gasteiger partial charge in [-0.1, -0.05) is 17.8 Å². The van der Waals surface area contributed by atoms with E-state index in [9.17, 15) is 4.79 Å². The molecule has 0 N–H and O–H groups in total. The lowest BCUT2D eigenvalue weighted by molar-refractivity contribution is -0.130. The van der Waals surface area contributed by atoms with Gasteiger partial charge < -0.3 is 9.47 Å². The fraction of sp³-hybridized carbons (Fsp3) is 0.375. The van der Waals surface area contributed by atoms with Crippen molar-refractivity contribution in [1.29, 1.82) is 5.26 Å². The zero-order valence-corrected chi connectivity index (χ0v) is 14.2. The van der Waals surface area contributed by atoms with Gasteiger partial charge in [0.2, 0.25) is 5.91 Å². The van der Waals surface area contributed by atoms with E-state index < -0.39 is 5.54 Å². The molecule has 7 heteroatoms. The van der Waals surface area contributed by atoms with Crippen molar-refractivity contribution in [2.24, 2.45) is 0 Å². The van der Waals surface area contributed by atoms with Gasteiger partial charge in [-0.15, -0.1) is 0 Å². The van der Waals surface area contributed by atoms with Crippen molar-refractivity contribution in [3.63, 3.8) is 0 Å². The summed E-state index contributed by atoms with van der Waals surface area (Å²) in [5.74, 6) is 0.134. The number of nitriles is 1. The highest BCUT2D eigenvalue weighted by molar-refractivity contribution is 7.99. The van der Waals surface area contributed by atoms with Crippen molar-refractivity contribution >= 4 is 17.7 Å². The highest BCUT2D eigenvalue weighted by Gasteiger charge is 2.27. The van der Waals surface area contributed by atoms with E-state index in [1.165, 1.54) is 16.7 Å². The summed E-state index contributed by atoms with van der Waals surface area (Å²) in [6.45, 7) is 4.05. The second kappa shape index (κ2) is 7.29. The minimum Gasteiger partial charge on any atom is -0.327 e. The van der Waals surface area contributed by atoms with Gasteiger partial charge in [0.25, 0.3) is 0 Å². The molecule has 120 valence electrons. The number of rotatable bonds is 6. The summed E-state index contributed by atoms with van der Waals surface area (Å²) in [6, 6.07) is 7.89. The molecule has 1 amide bonds. The SMILES string of the molecule is CN(C(=O)CSc1nccn1Cc1ccccn1)C(C)(C)C#N. The summed E-state index contributed by atoms with van der Waals surface area (Å²) < 4.78 is 1.95. The van der Waals surface area contributed by atoms with Crippen molar-refractivity contribution in [2.45, 2.75) is 31.1 Å². The lowest BCUT2D eigenvalue weighted by Crippen LogP contribution is -2.44. The van der Waals surface area contributed by atoms with Gasteiger partial charge in [0.1, 0.15) is 5.54 Å². The zero-order valence-electron chi connectivity index (χ0n) is 13.4. The lowest BCUT2D eigenvalue weighted by atomic mass is 10.1. The number of imidazole rings is 1. The first kappa shape index (κ1) is 17.0. The molecule has 0 unspecified atom stereocenters. The first-order chi connectivity index (χ1) is 10.9. The Morgan fingerprint density at radius 2 is 2.17 bits per heavy atom. The van der Waals surface area contributed by atoms with Crippen molar-refractivity contribution in [3.05, 3.63) is 42.5 Å². The summed E-state index contributed by atoms with van der Waals surface area (Å²) in [5, 5.41) is 9.86. The van der Waals surface area contributed by atoms with Gasteiger partial charge >= 0.3 is 0 Å². The number of nitrogens with zero attached hydrogens (tertiary/aromatic N) is 5. The van der Waals surface area contributed by atoms with Crippen LogP contribution in [0.5, 0.6) is 0 Å². The molecule has 2 aromatic heterocycles. The number of amides is 1. The first-order valence-electron chi connectivity index (χ1n) is 7.16. The number of carbonyl (C=O) groups is 1. The van der Waals surface area contributed by atoms with Crippen molar-refractivity contribution in [1.82, 2.24) is 19.4 Å². The molecule has 0 aliphatic heterocycles. The molecule has 0 bridgehead atoms. The zero-order chi connectivity index (χ0) is 16.9. The third kappa shape index (κ3) is 4.33. The van der Waals surface area contributed by atoms with E-state index in [1.54, 1.807) is 33.3 Å². The quantitative estimate of drug-likeness (QED) is 0.759. The third-order valence-corrected chi connectivity index (χ3v) is 4.54. The second-order valence-corrected chi connectivity index (χ2v) is 6.51. The summed E-state index contributed by atoms with van der Waals surface area (Å²) in [7, 11) is 1.65. The molecule has 0 radical (unpaired) electrons. The van der Waals surface area contributed by atoms with Crippen LogP contribution in [0.15, 0.2) is 41.9 Å². The smallest absolute Gasteiger partial charge is 0.234 e. The van der Waals surface area contributed by atoms with E-state index >= 15 is 0 Å². The number of hydrogen-bond acceptors (Lipinski definition) is 5. The molecule has 0 aliphatic carbocycles. The van der Waals surface area contributed by atoms with Crippen LogP contribution < -0.4 is 0 Å². The monoisotopic (exact) mass is 329 g/mol. The summed E-state index contributed by atoms with van der Waals surface area (Å²) in [4.78, 5) is 22.3. The Morgan fingerprint density at radius 1 is 1.39 bits per heavy atom. The molecule has 0 fully saturated rings.